The van der Waals surface area contributed by atoms with E-state index in [0.717, 1.165) is 36.8 Å². The average Bonchev–Trinajstić information content (AvgIpc) is 2.38. The molecule has 0 bridgehead atoms. The first kappa shape index (κ1) is 13.1. The Hall–Kier alpha value is -1.38. The van der Waals surface area contributed by atoms with E-state index in [1.807, 2.05) is 19.2 Å². The van der Waals surface area contributed by atoms with Crippen LogP contribution >= 0.6 is 0 Å². The summed E-state index contributed by atoms with van der Waals surface area (Å²) in [7, 11) is 0. The first-order chi connectivity index (χ1) is 8.63. The Kier molecular flexibility index (Phi) is 4.00. The van der Waals surface area contributed by atoms with Crippen molar-refractivity contribution in [3.63, 3.8) is 0 Å². The largest absolute Gasteiger partial charge is 0.481 e. The maximum absolute atomic E-state index is 11.4. The van der Waals surface area contributed by atoms with Gasteiger partial charge < -0.3 is 5.11 Å². The van der Waals surface area contributed by atoms with Gasteiger partial charge in [-0.05, 0) is 55.2 Å². The van der Waals surface area contributed by atoms with Crippen LogP contribution in [0.3, 0.4) is 0 Å². The first-order valence-electron chi connectivity index (χ1n) is 6.76. The minimum Gasteiger partial charge on any atom is -0.481 e. The smallest absolute Gasteiger partial charge is 0.307 e. The van der Waals surface area contributed by atoms with Crippen LogP contribution < -0.4 is 0 Å². The molecule has 1 aliphatic carbocycles. The van der Waals surface area contributed by atoms with E-state index >= 15 is 0 Å². The van der Waals surface area contributed by atoms with Crippen molar-refractivity contribution in [3.8, 4) is 0 Å². The van der Waals surface area contributed by atoms with E-state index in [1.165, 1.54) is 0 Å². The van der Waals surface area contributed by atoms with Gasteiger partial charge in [-0.3, -0.25) is 9.78 Å². The quantitative estimate of drug-likeness (QED) is 0.890. The van der Waals surface area contributed by atoms with Crippen molar-refractivity contribution in [2.75, 3.05) is 0 Å². The summed E-state index contributed by atoms with van der Waals surface area (Å²) in [6, 6.07) is 1.98. The fraction of sp³-hybridized carbons (Fsp3) is 0.600. The number of carboxylic acid groups (broad SMARTS) is 1. The van der Waals surface area contributed by atoms with E-state index in [9.17, 15) is 9.90 Å². The van der Waals surface area contributed by atoms with Gasteiger partial charge in [0.25, 0.3) is 0 Å². The fourth-order valence-corrected chi connectivity index (χ4v) is 3.13. The fourth-order valence-electron chi connectivity index (χ4n) is 3.13. The average molecular weight is 247 g/mol. The Bertz CT molecular complexity index is 430. The lowest BCUT2D eigenvalue weighted by Gasteiger charge is -2.34. The number of aromatic nitrogens is 1. The molecule has 18 heavy (non-hydrogen) atoms. The molecule has 0 saturated heterocycles. The number of pyridine rings is 1. The zero-order chi connectivity index (χ0) is 13.1. The third-order valence-electron chi connectivity index (χ3n) is 4.33. The molecule has 1 heterocycles. The number of aliphatic carboxylic acids is 1. The molecular weight excluding hydrogens is 226 g/mol. The van der Waals surface area contributed by atoms with Crippen molar-refractivity contribution < 1.29 is 9.90 Å². The van der Waals surface area contributed by atoms with Crippen LogP contribution in [0.25, 0.3) is 0 Å². The molecule has 1 fully saturated rings. The van der Waals surface area contributed by atoms with Crippen LogP contribution in [0.2, 0.25) is 0 Å². The van der Waals surface area contributed by atoms with Gasteiger partial charge in [-0.25, -0.2) is 0 Å². The van der Waals surface area contributed by atoms with Crippen molar-refractivity contribution in [2.24, 2.45) is 11.8 Å². The predicted molar refractivity (Wildman–Crippen MR) is 70.5 cm³/mol. The molecule has 0 aliphatic heterocycles. The van der Waals surface area contributed by atoms with Crippen LogP contribution in [-0.4, -0.2) is 16.1 Å². The highest BCUT2D eigenvalue weighted by Gasteiger charge is 2.36. The van der Waals surface area contributed by atoms with Gasteiger partial charge in [0.15, 0.2) is 0 Å². The third kappa shape index (κ3) is 2.55. The number of rotatable bonds is 3. The molecule has 2 rings (SSSR count). The summed E-state index contributed by atoms with van der Waals surface area (Å²) in [5.74, 6) is -0.103. The molecule has 1 aromatic rings. The van der Waals surface area contributed by atoms with Crippen LogP contribution in [0.15, 0.2) is 18.5 Å². The number of hydrogen-bond acceptors (Lipinski definition) is 2. The van der Waals surface area contributed by atoms with Gasteiger partial charge in [0.1, 0.15) is 0 Å². The lowest BCUT2D eigenvalue weighted by Crippen LogP contribution is -2.29. The maximum atomic E-state index is 11.4. The second-order valence-electron chi connectivity index (χ2n) is 5.37. The molecular formula is C15H21NO2. The highest BCUT2D eigenvalue weighted by molar-refractivity contribution is 5.71. The number of nitrogens with zero attached hydrogens (tertiary/aromatic N) is 1. The minimum atomic E-state index is -0.655. The third-order valence-corrected chi connectivity index (χ3v) is 4.33. The van der Waals surface area contributed by atoms with E-state index in [0.29, 0.717) is 5.92 Å². The molecule has 0 amide bonds. The van der Waals surface area contributed by atoms with Crippen molar-refractivity contribution in [3.05, 3.63) is 29.6 Å². The molecule has 98 valence electrons. The van der Waals surface area contributed by atoms with E-state index in [4.69, 9.17) is 0 Å². The standard InChI is InChI=1S/C15H21NO2/c1-3-11-4-5-12(15(17)18)13(8-11)14-9-16-7-6-10(14)2/h6-7,9,11-13H,3-5,8H2,1-2H3,(H,17,18). The number of aryl methyl sites for hydroxylation is 1. The molecule has 0 aromatic carbocycles. The van der Waals surface area contributed by atoms with E-state index in [1.54, 1.807) is 6.20 Å². The Morgan fingerprint density at radius 1 is 1.50 bits per heavy atom. The molecule has 1 saturated carbocycles. The lowest BCUT2D eigenvalue weighted by molar-refractivity contribution is -0.143. The second kappa shape index (κ2) is 5.51. The van der Waals surface area contributed by atoms with Crippen molar-refractivity contribution >= 4 is 5.97 Å². The van der Waals surface area contributed by atoms with Crippen molar-refractivity contribution in [2.45, 2.75) is 45.4 Å². The summed E-state index contributed by atoms with van der Waals surface area (Å²) in [5, 5.41) is 9.40. The summed E-state index contributed by atoms with van der Waals surface area (Å²) >= 11 is 0. The summed E-state index contributed by atoms with van der Waals surface area (Å²) in [6.45, 7) is 4.24. The van der Waals surface area contributed by atoms with Crippen LogP contribution in [0.1, 0.15) is 49.7 Å². The van der Waals surface area contributed by atoms with E-state index in [2.05, 4.69) is 11.9 Å². The molecule has 3 heteroatoms. The van der Waals surface area contributed by atoms with Crippen LogP contribution in [0.4, 0.5) is 0 Å². The van der Waals surface area contributed by atoms with E-state index < -0.39 is 5.97 Å². The van der Waals surface area contributed by atoms with Gasteiger partial charge >= 0.3 is 5.97 Å². The van der Waals surface area contributed by atoms with Gasteiger partial charge in [-0.2, -0.15) is 0 Å². The highest BCUT2D eigenvalue weighted by Crippen LogP contribution is 2.42. The summed E-state index contributed by atoms with van der Waals surface area (Å²) in [5.41, 5.74) is 2.29. The molecule has 1 aromatic heterocycles. The monoisotopic (exact) mass is 247 g/mol. The Labute approximate surface area is 108 Å². The van der Waals surface area contributed by atoms with Crippen molar-refractivity contribution in [1.29, 1.82) is 0 Å². The number of carbonyl (C=O) groups is 1. The Morgan fingerprint density at radius 3 is 2.89 bits per heavy atom. The Morgan fingerprint density at radius 2 is 2.28 bits per heavy atom. The van der Waals surface area contributed by atoms with Crippen LogP contribution in [0.5, 0.6) is 0 Å². The summed E-state index contributed by atoms with van der Waals surface area (Å²) in [4.78, 5) is 15.6. The van der Waals surface area contributed by atoms with Gasteiger partial charge in [0, 0.05) is 12.4 Å². The minimum absolute atomic E-state index is 0.134. The lowest BCUT2D eigenvalue weighted by atomic mass is 9.70. The normalized spacial score (nSPS) is 28.0. The molecule has 1 aliphatic rings. The van der Waals surface area contributed by atoms with Gasteiger partial charge in [0.2, 0.25) is 0 Å². The maximum Gasteiger partial charge on any atom is 0.307 e. The topological polar surface area (TPSA) is 50.2 Å². The molecule has 3 nitrogen and oxygen atoms in total. The zero-order valence-corrected chi connectivity index (χ0v) is 11.1. The SMILES string of the molecule is CCC1CCC(C(=O)O)C(c2cnccc2C)C1. The molecule has 3 unspecified atom stereocenters. The predicted octanol–water partition coefficient (Wildman–Crippen LogP) is 3.38. The highest BCUT2D eigenvalue weighted by atomic mass is 16.4. The molecule has 0 spiro atoms. The van der Waals surface area contributed by atoms with Crippen molar-refractivity contribution in [1.82, 2.24) is 4.98 Å². The second-order valence-corrected chi connectivity index (χ2v) is 5.37. The van der Waals surface area contributed by atoms with Crippen LogP contribution in [-0.2, 0) is 4.79 Å². The molecule has 0 radical (unpaired) electrons. The van der Waals surface area contributed by atoms with Gasteiger partial charge in [-0.1, -0.05) is 13.3 Å². The van der Waals surface area contributed by atoms with E-state index in [-0.39, 0.29) is 11.8 Å². The van der Waals surface area contributed by atoms with Crippen LogP contribution in [0, 0.1) is 18.8 Å². The molecule has 1 N–H and O–H groups in total. The van der Waals surface area contributed by atoms with Gasteiger partial charge in [0.05, 0.1) is 5.92 Å². The number of carboxylic acids is 1. The zero-order valence-electron chi connectivity index (χ0n) is 11.1. The van der Waals surface area contributed by atoms with Gasteiger partial charge in [-0.15, -0.1) is 0 Å². The number of hydrogen-bond donors (Lipinski definition) is 1. The summed E-state index contributed by atoms with van der Waals surface area (Å²) < 4.78 is 0. The first-order valence-corrected chi connectivity index (χ1v) is 6.76. The summed E-state index contributed by atoms with van der Waals surface area (Å²) in [6.07, 6.45) is 7.60. The molecule has 3 atom stereocenters. The Balaban J connectivity index is 2.30.